The van der Waals surface area contributed by atoms with Crippen LogP contribution in [0.1, 0.15) is 16.2 Å². The van der Waals surface area contributed by atoms with Crippen LogP contribution in [-0.4, -0.2) is 23.0 Å². The van der Waals surface area contributed by atoms with Crippen LogP contribution in [0, 0.1) is 6.92 Å². The average molecular weight is 152 g/mol. The largest absolute Gasteiger partial charge is 0.464 e. The molecule has 1 aromatic rings. The van der Waals surface area contributed by atoms with E-state index in [0.29, 0.717) is 5.69 Å². The van der Waals surface area contributed by atoms with Gasteiger partial charge in [0.1, 0.15) is 6.33 Å². The molecule has 0 saturated heterocycles. The van der Waals surface area contributed by atoms with Crippen molar-refractivity contribution in [3.8, 4) is 0 Å². The fourth-order valence-electron chi connectivity index (χ4n) is 0.671. The molecule has 0 aliphatic heterocycles. The molecule has 58 valence electrons. The lowest BCUT2D eigenvalue weighted by atomic mass is 10.3. The maximum Gasteiger partial charge on any atom is 0.356 e. The van der Waals surface area contributed by atoms with Crippen molar-refractivity contribution in [1.82, 2.24) is 9.97 Å². The van der Waals surface area contributed by atoms with Crippen LogP contribution in [0.4, 0.5) is 0 Å². The summed E-state index contributed by atoms with van der Waals surface area (Å²) in [6.07, 6.45) is 1.33. The first-order valence-corrected chi connectivity index (χ1v) is 3.11. The highest BCUT2D eigenvalue weighted by atomic mass is 16.5. The van der Waals surface area contributed by atoms with Crippen LogP contribution in [0.25, 0.3) is 0 Å². The molecule has 0 bridgehead atoms. The Morgan fingerprint density at radius 2 is 2.27 bits per heavy atom. The van der Waals surface area contributed by atoms with Gasteiger partial charge in [-0.3, -0.25) is 0 Å². The van der Waals surface area contributed by atoms with E-state index in [-0.39, 0.29) is 0 Å². The maximum atomic E-state index is 10.9. The van der Waals surface area contributed by atoms with E-state index in [9.17, 15) is 4.79 Å². The van der Waals surface area contributed by atoms with Gasteiger partial charge in [-0.1, -0.05) is 0 Å². The summed E-state index contributed by atoms with van der Waals surface area (Å²) in [7, 11) is 1.32. The van der Waals surface area contributed by atoms with E-state index in [1.54, 1.807) is 13.0 Å². The summed E-state index contributed by atoms with van der Waals surface area (Å²) in [6.45, 7) is 1.79. The minimum absolute atomic E-state index is 0.292. The van der Waals surface area contributed by atoms with Gasteiger partial charge in [0, 0.05) is 5.69 Å². The fourth-order valence-corrected chi connectivity index (χ4v) is 0.671. The molecule has 0 aromatic carbocycles. The SMILES string of the molecule is COC(=O)c1cc(C)ncn1. The van der Waals surface area contributed by atoms with Gasteiger partial charge in [-0.05, 0) is 13.0 Å². The van der Waals surface area contributed by atoms with E-state index in [2.05, 4.69) is 14.7 Å². The maximum absolute atomic E-state index is 10.9. The number of methoxy groups -OCH3 is 1. The van der Waals surface area contributed by atoms with E-state index in [0.717, 1.165) is 5.69 Å². The van der Waals surface area contributed by atoms with Crippen molar-refractivity contribution in [2.24, 2.45) is 0 Å². The Bertz CT molecular complexity index is 273. The second kappa shape index (κ2) is 3.09. The molecule has 0 radical (unpaired) electrons. The Balaban J connectivity index is 2.96. The van der Waals surface area contributed by atoms with Gasteiger partial charge in [0.25, 0.3) is 0 Å². The third-order valence-corrected chi connectivity index (χ3v) is 1.20. The number of carbonyl (C=O) groups excluding carboxylic acids is 1. The van der Waals surface area contributed by atoms with E-state index in [4.69, 9.17) is 0 Å². The highest BCUT2D eigenvalue weighted by Gasteiger charge is 2.05. The zero-order valence-electron chi connectivity index (χ0n) is 6.37. The number of carbonyl (C=O) groups is 1. The first-order chi connectivity index (χ1) is 5.24. The molecule has 0 amide bonds. The van der Waals surface area contributed by atoms with Crippen molar-refractivity contribution < 1.29 is 9.53 Å². The van der Waals surface area contributed by atoms with E-state index >= 15 is 0 Å². The summed E-state index contributed by atoms with van der Waals surface area (Å²) < 4.78 is 4.46. The van der Waals surface area contributed by atoms with Gasteiger partial charge in [-0.2, -0.15) is 0 Å². The molecule has 0 aliphatic carbocycles. The number of ether oxygens (including phenoxy) is 1. The molecular formula is C7H8N2O2. The van der Waals surface area contributed by atoms with Crippen molar-refractivity contribution in [3.05, 3.63) is 23.8 Å². The minimum Gasteiger partial charge on any atom is -0.464 e. The molecule has 0 fully saturated rings. The Hall–Kier alpha value is -1.45. The second-order valence-electron chi connectivity index (χ2n) is 2.04. The van der Waals surface area contributed by atoms with Crippen LogP contribution in [0.2, 0.25) is 0 Å². The van der Waals surface area contributed by atoms with Crippen LogP contribution >= 0.6 is 0 Å². The predicted molar refractivity (Wildman–Crippen MR) is 38.1 cm³/mol. The molecule has 1 aromatic heterocycles. The van der Waals surface area contributed by atoms with E-state index in [1.165, 1.54) is 13.4 Å². The van der Waals surface area contributed by atoms with Crippen molar-refractivity contribution in [2.45, 2.75) is 6.92 Å². The third kappa shape index (κ3) is 1.73. The fraction of sp³-hybridized carbons (Fsp3) is 0.286. The van der Waals surface area contributed by atoms with Crippen molar-refractivity contribution in [3.63, 3.8) is 0 Å². The quantitative estimate of drug-likeness (QED) is 0.552. The molecule has 0 saturated carbocycles. The Labute approximate surface area is 64.2 Å². The zero-order valence-corrected chi connectivity index (χ0v) is 6.37. The highest BCUT2D eigenvalue weighted by Crippen LogP contribution is 1.97. The summed E-state index contributed by atoms with van der Waals surface area (Å²) in [5.41, 5.74) is 1.04. The lowest BCUT2D eigenvalue weighted by molar-refractivity contribution is 0.0593. The van der Waals surface area contributed by atoms with Crippen LogP contribution in [0.3, 0.4) is 0 Å². The summed E-state index contributed by atoms with van der Waals surface area (Å²) in [6, 6.07) is 1.58. The molecular weight excluding hydrogens is 144 g/mol. The van der Waals surface area contributed by atoms with Gasteiger partial charge in [0.15, 0.2) is 5.69 Å². The zero-order chi connectivity index (χ0) is 8.27. The Kier molecular flexibility index (Phi) is 2.15. The lowest BCUT2D eigenvalue weighted by Gasteiger charge is -1.96. The summed E-state index contributed by atoms with van der Waals surface area (Å²) in [5.74, 6) is -0.435. The van der Waals surface area contributed by atoms with Crippen molar-refractivity contribution >= 4 is 5.97 Å². The van der Waals surface area contributed by atoms with Gasteiger partial charge in [-0.15, -0.1) is 0 Å². The molecule has 4 nitrogen and oxygen atoms in total. The lowest BCUT2D eigenvalue weighted by Crippen LogP contribution is -2.04. The van der Waals surface area contributed by atoms with Crippen molar-refractivity contribution in [2.75, 3.05) is 7.11 Å². The molecule has 1 heterocycles. The number of esters is 1. The standard InChI is InChI=1S/C7H8N2O2/c1-5-3-6(7(10)11-2)9-4-8-5/h3-4H,1-2H3. The van der Waals surface area contributed by atoms with Gasteiger partial charge in [0.05, 0.1) is 7.11 Å². The van der Waals surface area contributed by atoms with Crippen molar-refractivity contribution in [1.29, 1.82) is 0 Å². The molecule has 0 spiro atoms. The normalized spacial score (nSPS) is 9.27. The van der Waals surface area contributed by atoms with Crippen LogP contribution in [0.15, 0.2) is 12.4 Å². The van der Waals surface area contributed by atoms with Crippen LogP contribution in [0.5, 0.6) is 0 Å². The van der Waals surface area contributed by atoms with Gasteiger partial charge >= 0.3 is 5.97 Å². The monoisotopic (exact) mass is 152 g/mol. The summed E-state index contributed by atoms with van der Waals surface area (Å²) >= 11 is 0. The number of aryl methyl sites for hydroxylation is 1. The minimum atomic E-state index is -0.435. The van der Waals surface area contributed by atoms with Crippen LogP contribution < -0.4 is 0 Å². The Morgan fingerprint density at radius 3 is 2.82 bits per heavy atom. The molecule has 0 N–H and O–H groups in total. The highest BCUT2D eigenvalue weighted by molar-refractivity contribution is 5.86. The average Bonchev–Trinajstić information content (AvgIpc) is 2.03. The first-order valence-electron chi connectivity index (χ1n) is 3.11. The number of hydrogen-bond acceptors (Lipinski definition) is 4. The number of rotatable bonds is 1. The Morgan fingerprint density at radius 1 is 1.55 bits per heavy atom. The number of hydrogen-bond donors (Lipinski definition) is 0. The molecule has 0 atom stereocenters. The van der Waals surface area contributed by atoms with E-state index < -0.39 is 5.97 Å². The van der Waals surface area contributed by atoms with Gasteiger partial charge < -0.3 is 4.74 Å². The van der Waals surface area contributed by atoms with Crippen LogP contribution in [-0.2, 0) is 4.74 Å². The summed E-state index contributed by atoms with van der Waals surface area (Å²) in [4.78, 5) is 18.4. The van der Waals surface area contributed by atoms with E-state index in [1.807, 2.05) is 0 Å². The molecule has 4 heteroatoms. The molecule has 11 heavy (non-hydrogen) atoms. The van der Waals surface area contributed by atoms with Gasteiger partial charge in [-0.25, -0.2) is 14.8 Å². The molecule has 0 aliphatic rings. The third-order valence-electron chi connectivity index (χ3n) is 1.20. The molecule has 1 rings (SSSR count). The predicted octanol–water partition coefficient (Wildman–Crippen LogP) is 0.572. The second-order valence-corrected chi connectivity index (χ2v) is 2.04. The number of nitrogens with zero attached hydrogens (tertiary/aromatic N) is 2. The van der Waals surface area contributed by atoms with Gasteiger partial charge in [0.2, 0.25) is 0 Å². The summed E-state index contributed by atoms with van der Waals surface area (Å²) in [5, 5.41) is 0. The smallest absolute Gasteiger partial charge is 0.356 e. The number of aromatic nitrogens is 2. The molecule has 0 unspecified atom stereocenters. The first kappa shape index (κ1) is 7.65. The topological polar surface area (TPSA) is 52.1 Å².